The van der Waals surface area contributed by atoms with Crippen molar-refractivity contribution in [2.75, 3.05) is 19.5 Å². The molecule has 0 aliphatic heterocycles. The van der Waals surface area contributed by atoms with Gasteiger partial charge >= 0.3 is 0 Å². The number of benzene rings is 2. The number of aromatic hydroxyl groups is 1. The number of anilines is 1. The van der Waals surface area contributed by atoms with Crippen LogP contribution in [0.3, 0.4) is 0 Å². The van der Waals surface area contributed by atoms with Crippen molar-refractivity contribution in [2.24, 2.45) is 0 Å². The average molecular weight is 312 g/mol. The highest BCUT2D eigenvalue weighted by molar-refractivity contribution is 6.33. The zero-order chi connectivity index (χ0) is 15.4. The zero-order valence-electron chi connectivity index (χ0n) is 11.6. The van der Waals surface area contributed by atoms with Crippen LogP contribution in [-0.4, -0.2) is 19.3 Å². The van der Waals surface area contributed by atoms with Crippen LogP contribution in [0.5, 0.6) is 17.2 Å². The van der Waals surface area contributed by atoms with Crippen molar-refractivity contribution in [3.05, 3.63) is 46.7 Å². The molecule has 0 unspecified atom stereocenters. The molecule has 2 aromatic rings. The number of hydrogen-bond acceptors (Lipinski definition) is 4. The Morgan fingerprint density at radius 2 is 1.81 bits per heavy atom. The van der Waals surface area contributed by atoms with Crippen LogP contribution in [-0.2, 0) is 6.54 Å². The first-order valence-electron chi connectivity index (χ1n) is 6.18. The molecular weight excluding hydrogens is 297 g/mol. The van der Waals surface area contributed by atoms with Crippen molar-refractivity contribution in [1.29, 1.82) is 0 Å². The highest BCUT2D eigenvalue weighted by atomic mass is 35.5. The van der Waals surface area contributed by atoms with E-state index < -0.39 is 5.82 Å². The topological polar surface area (TPSA) is 50.7 Å². The van der Waals surface area contributed by atoms with Crippen LogP contribution in [0.2, 0.25) is 5.02 Å². The van der Waals surface area contributed by atoms with Gasteiger partial charge in [-0.15, -0.1) is 0 Å². The van der Waals surface area contributed by atoms with E-state index in [4.69, 9.17) is 26.2 Å². The maximum Gasteiger partial charge on any atom is 0.165 e. The smallest absolute Gasteiger partial charge is 0.165 e. The fourth-order valence-electron chi connectivity index (χ4n) is 1.85. The van der Waals surface area contributed by atoms with Crippen LogP contribution < -0.4 is 14.8 Å². The number of ether oxygens (including phenoxy) is 2. The van der Waals surface area contributed by atoms with E-state index in [2.05, 4.69) is 5.32 Å². The predicted octanol–water partition coefficient (Wildman–Crippen LogP) is 3.81. The number of phenols is 1. The third kappa shape index (κ3) is 3.49. The summed E-state index contributed by atoms with van der Waals surface area (Å²) in [7, 11) is 3.06. The summed E-state index contributed by atoms with van der Waals surface area (Å²) in [6, 6.07) is 7.54. The fourth-order valence-corrected chi connectivity index (χ4v) is 2.07. The first-order valence-corrected chi connectivity index (χ1v) is 6.55. The molecule has 21 heavy (non-hydrogen) atoms. The molecule has 0 saturated heterocycles. The van der Waals surface area contributed by atoms with Gasteiger partial charge in [-0.25, -0.2) is 4.39 Å². The molecular formula is C15H15ClFNO3. The Labute approximate surface area is 127 Å². The molecule has 2 N–H and O–H groups in total. The number of phenolic OH excluding ortho intramolecular Hbond substituents is 1. The highest BCUT2D eigenvalue weighted by Crippen LogP contribution is 2.36. The molecule has 0 atom stereocenters. The van der Waals surface area contributed by atoms with Gasteiger partial charge in [0, 0.05) is 18.7 Å². The molecule has 0 heterocycles. The Balaban J connectivity index is 2.17. The molecule has 0 aliphatic carbocycles. The second-order valence-electron chi connectivity index (χ2n) is 4.33. The summed E-state index contributed by atoms with van der Waals surface area (Å²) in [6.07, 6.45) is 0. The molecule has 2 aromatic carbocycles. The molecule has 0 aromatic heterocycles. The summed E-state index contributed by atoms with van der Waals surface area (Å²) in [5.41, 5.74) is 1.32. The van der Waals surface area contributed by atoms with E-state index in [0.29, 0.717) is 34.3 Å². The summed E-state index contributed by atoms with van der Waals surface area (Å²) < 4.78 is 23.6. The summed E-state index contributed by atoms with van der Waals surface area (Å²) in [6.45, 7) is 0.354. The van der Waals surface area contributed by atoms with E-state index in [0.717, 1.165) is 0 Å². The van der Waals surface area contributed by atoms with Crippen molar-refractivity contribution in [3.8, 4) is 17.2 Å². The SMILES string of the molecule is COc1cc(Cl)c(NCc2ccc(O)c(F)c2)cc1OC. The Kier molecular flexibility index (Phi) is 4.75. The van der Waals surface area contributed by atoms with E-state index in [1.165, 1.54) is 26.4 Å². The van der Waals surface area contributed by atoms with E-state index in [-0.39, 0.29) is 5.75 Å². The summed E-state index contributed by atoms with van der Waals surface area (Å²) in [5.74, 6) is 0.0422. The Morgan fingerprint density at radius 3 is 2.43 bits per heavy atom. The minimum atomic E-state index is -0.660. The molecule has 2 rings (SSSR count). The van der Waals surface area contributed by atoms with E-state index in [1.54, 1.807) is 18.2 Å². The third-order valence-electron chi connectivity index (χ3n) is 2.97. The van der Waals surface area contributed by atoms with Gasteiger partial charge in [0.2, 0.25) is 0 Å². The lowest BCUT2D eigenvalue weighted by Gasteiger charge is -2.13. The van der Waals surface area contributed by atoms with Gasteiger partial charge < -0.3 is 19.9 Å². The molecule has 0 fully saturated rings. The summed E-state index contributed by atoms with van der Waals surface area (Å²) in [4.78, 5) is 0. The van der Waals surface area contributed by atoms with Gasteiger partial charge in [0.1, 0.15) is 0 Å². The van der Waals surface area contributed by atoms with Crippen molar-refractivity contribution in [2.45, 2.75) is 6.54 Å². The standard InChI is InChI=1S/C15H15ClFNO3/c1-20-14-6-10(16)12(7-15(14)21-2)18-8-9-3-4-13(19)11(17)5-9/h3-7,18-19H,8H2,1-2H3. The number of rotatable bonds is 5. The average Bonchev–Trinajstić information content (AvgIpc) is 2.49. The van der Waals surface area contributed by atoms with Gasteiger partial charge in [-0.05, 0) is 17.7 Å². The molecule has 0 amide bonds. The van der Waals surface area contributed by atoms with Crippen LogP contribution in [0.1, 0.15) is 5.56 Å². The Bertz CT molecular complexity index is 649. The van der Waals surface area contributed by atoms with Crippen molar-refractivity contribution >= 4 is 17.3 Å². The van der Waals surface area contributed by atoms with Crippen LogP contribution in [0.15, 0.2) is 30.3 Å². The molecule has 0 spiro atoms. The maximum atomic E-state index is 13.3. The minimum absolute atomic E-state index is 0.354. The monoisotopic (exact) mass is 311 g/mol. The Morgan fingerprint density at radius 1 is 1.14 bits per heavy atom. The van der Waals surface area contributed by atoms with E-state index >= 15 is 0 Å². The molecule has 112 valence electrons. The van der Waals surface area contributed by atoms with Crippen molar-refractivity contribution in [3.63, 3.8) is 0 Å². The first kappa shape index (κ1) is 15.3. The van der Waals surface area contributed by atoms with Gasteiger partial charge in [0.05, 0.1) is 24.9 Å². The molecule has 6 heteroatoms. The summed E-state index contributed by atoms with van der Waals surface area (Å²) in [5, 5.41) is 12.7. The lowest BCUT2D eigenvalue weighted by molar-refractivity contribution is 0.355. The molecule has 0 bridgehead atoms. The van der Waals surface area contributed by atoms with Crippen LogP contribution in [0.25, 0.3) is 0 Å². The van der Waals surface area contributed by atoms with Crippen LogP contribution in [0, 0.1) is 5.82 Å². The van der Waals surface area contributed by atoms with Gasteiger partial charge in [-0.1, -0.05) is 17.7 Å². The largest absolute Gasteiger partial charge is 0.505 e. The van der Waals surface area contributed by atoms with Crippen LogP contribution in [0.4, 0.5) is 10.1 Å². The molecule has 0 radical (unpaired) electrons. The molecule has 0 saturated carbocycles. The van der Waals surface area contributed by atoms with Gasteiger partial charge in [0.25, 0.3) is 0 Å². The highest BCUT2D eigenvalue weighted by Gasteiger charge is 2.10. The molecule has 4 nitrogen and oxygen atoms in total. The minimum Gasteiger partial charge on any atom is -0.505 e. The first-order chi connectivity index (χ1) is 10.0. The fraction of sp³-hybridized carbons (Fsp3) is 0.200. The third-order valence-corrected chi connectivity index (χ3v) is 3.28. The Hall–Kier alpha value is -2.14. The number of hydrogen-bond donors (Lipinski definition) is 2. The number of methoxy groups -OCH3 is 2. The maximum absolute atomic E-state index is 13.3. The van der Waals surface area contributed by atoms with E-state index in [1.807, 2.05) is 0 Å². The molecule has 0 aliphatic rings. The second-order valence-corrected chi connectivity index (χ2v) is 4.73. The van der Waals surface area contributed by atoms with Gasteiger partial charge in [0.15, 0.2) is 23.1 Å². The lowest BCUT2D eigenvalue weighted by atomic mass is 10.2. The predicted molar refractivity (Wildman–Crippen MR) is 79.9 cm³/mol. The lowest BCUT2D eigenvalue weighted by Crippen LogP contribution is -2.01. The second kappa shape index (κ2) is 6.54. The number of halogens is 2. The zero-order valence-corrected chi connectivity index (χ0v) is 12.4. The van der Waals surface area contributed by atoms with Crippen LogP contribution >= 0.6 is 11.6 Å². The summed E-state index contributed by atoms with van der Waals surface area (Å²) >= 11 is 6.15. The number of nitrogens with one attached hydrogen (secondary N) is 1. The van der Waals surface area contributed by atoms with Gasteiger partial charge in [-0.2, -0.15) is 0 Å². The van der Waals surface area contributed by atoms with Crippen molar-refractivity contribution in [1.82, 2.24) is 0 Å². The van der Waals surface area contributed by atoms with Crippen molar-refractivity contribution < 1.29 is 19.0 Å². The quantitative estimate of drug-likeness (QED) is 0.881. The van der Waals surface area contributed by atoms with Gasteiger partial charge in [-0.3, -0.25) is 0 Å². The van der Waals surface area contributed by atoms with E-state index in [9.17, 15) is 4.39 Å². The normalized spacial score (nSPS) is 10.3.